The Kier molecular flexibility index (Phi) is 37.9. The number of halogens is 3. The third kappa shape index (κ3) is 28.6. The number of carbonyl (C=O) groups is 5. The number of ether oxygens (including phenoxy) is 5. The van der Waals surface area contributed by atoms with Gasteiger partial charge in [0.05, 0.1) is 117 Å². The van der Waals surface area contributed by atoms with Crippen molar-refractivity contribution in [1.29, 1.82) is 0 Å². The lowest BCUT2D eigenvalue weighted by atomic mass is 10.1. The molecule has 0 bridgehead atoms. The zero-order valence-corrected chi connectivity index (χ0v) is 85.9. The third-order valence-corrected chi connectivity index (χ3v) is 21.1. The number of nitrogens with one attached hydrogen (secondary N) is 3. The van der Waals surface area contributed by atoms with E-state index in [-0.39, 0.29) is 118 Å². The van der Waals surface area contributed by atoms with E-state index in [1.807, 2.05) is 105 Å². The molecular weight excluding hydrogens is 1950 g/mol. The SMILES string of the molecule is CCC(=O)Cc1ccc(-n2nc3c(c2CN(C)C)c(=O)n(-c2ccc(OC)nn2)c(=O)n3Cc2c(F)cccc2F)cc1.CCOC(=O)c1c(NC(C)(C)C)nn(-c2ccc([N+](=O)[O-])cc2)c1C.CCOC(=O)c1c(NC(C)(C)C)nn(-c2ccc([N+](=O)[O-])cc2)c1CBr.CCOC(=O)c1c(NC(C)(C)C)nn(-c2ccc([N+](=O)[O-])cc2)c1CN(C)C.COC(=O)c1c(N)nn(-c2ccc([N+](=O)[O-])cc2)c1CN(C)C. The van der Waals surface area contributed by atoms with Crippen LogP contribution in [0.5, 0.6) is 5.88 Å². The molecule has 770 valence electrons. The van der Waals surface area contributed by atoms with Crippen molar-refractivity contribution in [3.8, 4) is 40.1 Å². The summed E-state index contributed by atoms with van der Waals surface area (Å²) < 4.78 is 64.7. The summed E-state index contributed by atoms with van der Waals surface area (Å²) in [7, 11) is 13.7. The van der Waals surface area contributed by atoms with E-state index in [1.165, 1.54) is 90.3 Å². The first-order valence-electron chi connectivity index (χ1n) is 45.2. The molecule has 13 aromatic rings. The molecule has 48 heteroatoms. The Hall–Kier alpha value is -16.2. The quantitative estimate of drug-likeness (QED) is 0.00975. The average molecular weight is 2070 g/mol. The normalized spacial score (nSPS) is 11.3. The molecule has 7 heterocycles. The van der Waals surface area contributed by atoms with Crippen LogP contribution < -0.4 is 37.7 Å². The van der Waals surface area contributed by atoms with Crippen molar-refractivity contribution in [3.63, 3.8) is 0 Å². The number of methoxy groups -OCH3 is 2. The number of non-ortho nitro benzene ring substituents is 4. The summed E-state index contributed by atoms with van der Waals surface area (Å²) in [6.07, 6.45) is 0.702. The molecule has 0 aliphatic heterocycles. The predicted octanol–water partition coefficient (Wildman–Crippen LogP) is 15.0. The Labute approximate surface area is 839 Å². The number of nitrogens with zero attached hydrogens (tertiary/aromatic N) is 21. The number of fused-ring (bicyclic) bond motifs is 1. The zero-order valence-electron chi connectivity index (χ0n) is 84.3. The molecular formula is C97H116BrF2N25O20. The van der Waals surface area contributed by atoms with Gasteiger partial charge in [-0.15, -0.1) is 35.7 Å². The van der Waals surface area contributed by atoms with Gasteiger partial charge < -0.3 is 60.1 Å². The number of rotatable bonds is 33. The number of nitro groups is 4. The van der Waals surface area contributed by atoms with Gasteiger partial charge in [0.1, 0.15) is 45.1 Å². The number of anilines is 4. The summed E-state index contributed by atoms with van der Waals surface area (Å²) in [6.45, 7) is 27.7. The topological polar surface area (TPSA) is 535 Å². The third-order valence-electron chi connectivity index (χ3n) is 20.6. The molecule has 0 radical (unpaired) electrons. The van der Waals surface area contributed by atoms with Crippen LogP contribution in [0.25, 0.3) is 45.3 Å². The molecule has 45 nitrogen and oxygen atoms in total. The number of nitro benzene ring substituents is 4. The molecule has 0 atom stereocenters. The van der Waals surface area contributed by atoms with E-state index in [1.54, 1.807) is 136 Å². The van der Waals surface area contributed by atoms with Crippen molar-refractivity contribution in [2.75, 3.05) is 98.0 Å². The summed E-state index contributed by atoms with van der Waals surface area (Å²) >= 11 is 3.40. The van der Waals surface area contributed by atoms with Gasteiger partial charge in [0.15, 0.2) is 34.7 Å². The lowest BCUT2D eigenvalue weighted by Crippen LogP contribution is -2.40. The van der Waals surface area contributed by atoms with E-state index in [9.17, 15) is 82.8 Å². The highest BCUT2D eigenvalue weighted by Crippen LogP contribution is 2.35. The molecule has 0 amide bonds. The Morgan fingerprint density at radius 2 is 0.821 bits per heavy atom. The van der Waals surface area contributed by atoms with Crippen LogP contribution in [0.4, 0.5) is 54.8 Å². The van der Waals surface area contributed by atoms with E-state index in [0.29, 0.717) is 116 Å². The molecule has 0 saturated heterocycles. The minimum absolute atomic E-state index is 0.00721. The van der Waals surface area contributed by atoms with Gasteiger partial charge in [0.2, 0.25) is 5.88 Å². The van der Waals surface area contributed by atoms with Gasteiger partial charge in [-0.05, 0) is 217 Å². The number of ketones is 1. The fourth-order valence-electron chi connectivity index (χ4n) is 14.3. The van der Waals surface area contributed by atoms with Crippen LogP contribution in [0.15, 0.2) is 161 Å². The number of Topliss-reactive ketones (excluding diaryl/α,β-unsaturated/α-hetero) is 1. The Morgan fingerprint density at radius 1 is 0.462 bits per heavy atom. The summed E-state index contributed by atoms with van der Waals surface area (Å²) in [6, 6.07) is 37.2. The largest absolute Gasteiger partial charge is 0.480 e. The minimum Gasteiger partial charge on any atom is -0.480 e. The highest BCUT2D eigenvalue weighted by atomic mass is 79.9. The van der Waals surface area contributed by atoms with Gasteiger partial charge in [0, 0.05) is 115 Å². The summed E-state index contributed by atoms with van der Waals surface area (Å²) in [5, 5.41) is 83.8. The molecule has 13 rings (SSSR count). The number of nitrogen functional groups attached to an aromatic ring is 1. The van der Waals surface area contributed by atoms with Crippen LogP contribution in [0.2, 0.25) is 0 Å². The molecule has 0 unspecified atom stereocenters. The number of nitrogens with two attached hydrogens (primary N) is 1. The smallest absolute Gasteiger partial charge is 0.343 e. The number of hydrogen-bond acceptors (Lipinski definition) is 34. The molecule has 0 aliphatic rings. The van der Waals surface area contributed by atoms with Crippen LogP contribution in [0.3, 0.4) is 0 Å². The number of esters is 4. The standard InChI is InChI=1S/C30H29F2N7O4.C19H27N5O4.C17H21BrN4O4.C17H22N4O4.C14H17N5O4/c1-5-20(40)15-18-9-11-19(12-10-18)39-24(17-36(2)3)27-28(35-39)37(16-21-22(31)7-6-8-23(21)32)30(42)38(29(27)41)25-13-14-26(43-4)34-33-25;1-7-28-18(25)16-15(12-22(5)6)23(21-17(16)20-19(2,3)4)13-8-10-14(11-9-13)24(26)27;1-5-26-16(23)14-13(10-18)21(20-15(14)19-17(2,3)4)11-6-8-12(9-7-11)22(24)25;1-6-25-16(22)14-11(2)20(19-15(14)18-17(3,4)5)12-7-9-13(10-8-12)21(23)24;1-17(2)8-11-12(14(20)23-3)13(15)16-18(11)9-4-6-10(7-5-9)19(21)22/h6-14H,5,15-17H2,1-4H3;8-11H,7,12H2,1-6H3,(H,20,21);6-9H,5,10H2,1-4H3,(H,19,20);7-10H,6H2,1-5H3,(H,18,19);4-7H,8H2,1-3H3,(H2,15,16). The summed E-state index contributed by atoms with van der Waals surface area (Å²) in [4.78, 5) is 137. The van der Waals surface area contributed by atoms with Gasteiger partial charge >= 0.3 is 29.6 Å². The van der Waals surface area contributed by atoms with Crippen molar-refractivity contribution in [3.05, 3.63) is 286 Å². The fourth-order valence-corrected chi connectivity index (χ4v) is 14.9. The molecule has 7 aromatic heterocycles. The summed E-state index contributed by atoms with van der Waals surface area (Å²) in [5.41, 5.74) is 10.6. The lowest BCUT2D eigenvalue weighted by molar-refractivity contribution is -0.385. The van der Waals surface area contributed by atoms with Gasteiger partial charge in [-0.25, -0.2) is 60.7 Å². The molecule has 6 aromatic carbocycles. The van der Waals surface area contributed by atoms with Crippen LogP contribution in [0, 0.1) is 59.0 Å². The van der Waals surface area contributed by atoms with E-state index in [4.69, 9.17) is 29.4 Å². The first kappa shape index (κ1) is 112. The Balaban J connectivity index is 0.000000206. The van der Waals surface area contributed by atoms with E-state index >= 15 is 0 Å². The molecule has 0 aliphatic carbocycles. The molecule has 0 saturated carbocycles. The Bertz CT molecular complexity index is 6960. The van der Waals surface area contributed by atoms with Crippen LogP contribution in [-0.2, 0) is 61.7 Å². The predicted molar refractivity (Wildman–Crippen MR) is 542 cm³/mol. The highest BCUT2D eigenvalue weighted by molar-refractivity contribution is 9.08. The molecule has 5 N–H and O–H groups in total. The maximum absolute atomic E-state index is 14.8. The molecule has 145 heavy (non-hydrogen) atoms. The van der Waals surface area contributed by atoms with Crippen LogP contribution >= 0.6 is 15.9 Å². The van der Waals surface area contributed by atoms with Crippen molar-refractivity contribution in [2.45, 2.75) is 158 Å². The highest BCUT2D eigenvalue weighted by Gasteiger charge is 2.34. The van der Waals surface area contributed by atoms with Gasteiger partial charge in [0.25, 0.3) is 28.3 Å². The first-order chi connectivity index (χ1) is 68.3. The van der Waals surface area contributed by atoms with Gasteiger partial charge in [-0.2, -0.15) is 0 Å². The molecule has 0 spiro atoms. The number of carbonyl (C=O) groups excluding carboxylic acids is 5. The number of hydrogen-bond donors (Lipinski definition) is 4. The Morgan fingerprint density at radius 3 is 1.19 bits per heavy atom. The number of alkyl halides is 1. The first-order valence-corrected chi connectivity index (χ1v) is 46.3. The van der Waals surface area contributed by atoms with Crippen molar-refractivity contribution < 1.29 is 76.1 Å². The van der Waals surface area contributed by atoms with Gasteiger partial charge in [-0.3, -0.25) is 54.6 Å². The maximum Gasteiger partial charge on any atom is 0.343 e. The van der Waals surface area contributed by atoms with Crippen molar-refractivity contribution in [1.82, 2.24) is 82.9 Å². The maximum atomic E-state index is 14.8. The second-order valence-electron chi connectivity index (χ2n) is 36.2. The summed E-state index contributed by atoms with van der Waals surface area (Å²) in [5.74, 6) is -2.23. The average Bonchev–Trinajstić information content (AvgIpc) is 1.58. The minimum atomic E-state index is -0.908. The lowest BCUT2D eigenvalue weighted by Gasteiger charge is -2.21. The number of benzene rings is 6. The fraction of sp³-hybridized carbons (Fsp3) is 0.361. The van der Waals surface area contributed by atoms with E-state index in [2.05, 4.69) is 67.6 Å². The van der Waals surface area contributed by atoms with Crippen molar-refractivity contribution in [2.24, 2.45) is 0 Å². The van der Waals surface area contributed by atoms with E-state index in [0.717, 1.165) is 26.8 Å². The van der Waals surface area contributed by atoms with Crippen molar-refractivity contribution >= 4 is 103 Å². The zero-order chi connectivity index (χ0) is 107. The van der Waals surface area contributed by atoms with Gasteiger partial charge in [-0.1, -0.05) is 41.1 Å². The van der Waals surface area contributed by atoms with Crippen LogP contribution in [-0.4, -0.2) is 225 Å². The monoisotopic (exact) mass is 2070 g/mol. The van der Waals surface area contributed by atoms with Crippen LogP contribution in [0.1, 0.15) is 177 Å². The molecule has 0 fully saturated rings. The number of aromatic nitrogens is 14. The second-order valence-corrected chi connectivity index (χ2v) is 36.7. The second kappa shape index (κ2) is 49.0. The van der Waals surface area contributed by atoms with E-state index < -0.39 is 73.0 Å².